The fraction of sp³-hybridized carbons (Fsp3) is 0.310. The van der Waals surface area contributed by atoms with E-state index in [4.69, 9.17) is 4.74 Å². The molecule has 2 heterocycles. The van der Waals surface area contributed by atoms with Crippen molar-refractivity contribution in [3.8, 4) is 11.5 Å². The lowest BCUT2D eigenvalue weighted by atomic mass is 9.59. The highest BCUT2D eigenvalue weighted by Gasteiger charge is 2.56. The summed E-state index contributed by atoms with van der Waals surface area (Å²) in [5, 5.41) is 13.0. The number of imide groups is 1. The van der Waals surface area contributed by atoms with Crippen LogP contribution in [0.4, 0.5) is 0 Å². The van der Waals surface area contributed by atoms with Crippen molar-refractivity contribution in [3.05, 3.63) is 80.6 Å². The molecule has 1 N–H and O–H groups in total. The zero-order valence-electron chi connectivity index (χ0n) is 20.4. The molecular weight excluding hydrogens is 490 g/mol. The molecule has 0 spiro atoms. The number of benzene rings is 1. The van der Waals surface area contributed by atoms with Gasteiger partial charge >= 0.3 is 0 Å². The molecule has 1 aromatic heterocycles. The first-order valence-electron chi connectivity index (χ1n) is 12.3. The van der Waals surface area contributed by atoms with E-state index in [0.717, 1.165) is 10.5 Å². The average molecular weight is 516 g/mol. The Balaban J connectivity index is 1.48. The Morgan fingerprint density at radius 3 is 2.62 bits per heavy atom. The molecule has 1 saturated heterocycles. The molecule has 3 aliphatic carbocycles. The second-order valence-corrected chi connectivity index (χ2v) is 11.0. The number of methoxy groups -OCH3 is 1. The number of likely N-dealkylation sites (tertiary alicyclic amines) is 1. The topological polar surface area (TPSA) is 101 Å². The van der Waals surface area contributed by atoms with Crippen LogP contribution in [0.3, 0.4) is 0 Å². The average Bonchev–Trinajstić information content (AvgIpc) is 3.49. The van der Waals surface area contributed by atoms with Gasteiger partial charge in [-0.05, 0) is 49.3 Å². The minimum absolute atomic E-state index is 0.106. The first-order chi connectivity index (χ1) is 17.8. The molecule has 0 radical (unpaired) electrons. The van der Waals surface area contributed by atoms with Crippen LogP contribution in [0.5, 0.6) is 11.5 Å². The number of hydrogen-bond donors (Lipinski definition) is 1. The van der Waals surface area contributed by atoms with E-state index in [9.17, 15) is 24.3 Å². The first kappa shape index (κ1) is 23.6. The maximum Gasteiger partial charge on any atom is 0.234 e. The molecule has 8 heteroatoms. The molecule has 0 saturated carbocycles. The molecule has 4 atom stereocenters. The van der Waals surface area contributed by atoms with Crippen LogP contribution in [0, 0.1) is 17.8 Å². The molecule has 37 heavy (non-hydrogen) atoms. The number of aromatic hydroxyl groups is 1. The maximum atomic E-state index is 13.7. The number of ether oxygens (including phenoxy) is 1. The summed E-state index contributed by atoms with van der Waals surface area (Å²) in [6.45, 7) is 1.85. The Bertz CT molecular complexity index is 1460. The molecule has 1 aliphatic heterocycles. The van der Waals surface area contributed by atoms with E-state index >= 15 is 0 Å². The summed E-state index contributed by atoms with van der Waals surface area (Å²) >= 11 is 1.49. The number of hydrogen-bond acceptors (Lipinski definition) is 7. The quantitative estimate of drug-likeness (QED) is 0.374. The predicted octanol–water partition coefficient (Wildman–Crippen LogP) is 4.09. The van der Waals surface area contributed by atoms with Gasteiger partial charge in [-0.2, -0.15) is 0 Å². The number of rotatable bonds is 4. The smallest absolute Gasteiger partial charge is 0.234 e. The van der Waals surface area contributed by atoms with E-state index in [2.05, 4.69) is 0 Å². The zero-order valence-corrected chi connectivity index (χ0v) is 21.2. The number of Topliss-reactive ketones (excluding diaryl/α,β-unsaturated/α-hetero) is 1. The standard InChI is InChI=1S/C29H25NO6S/c1-14-11-21(31)25-20(26(14)32)12-19-16(23(25)17-6-3-7-22(36-2)27(17)33)8-9-18-24(19)29(35)30(28(18)34)13-15-5-4-10-37-15/h3-8,10-11,18-19,23-24,33H,9,12-13H2,1-2H3. The SMILES string of the molecule is COc1cccc(C2C3=CCC4C(=O)N(Cc5cccs5)C(=O)C4C3CC3=C2C(=O)C=C(C)C3=O)c1O. The number of fused-ring (bicyclic) bond motifs is 3. The summed E-state index contributed by atoms with van der Waals surface area (Å²) in [5.74, 6) is -3.04. The number of allylic oxidation sites excluding steroid dienone is 6. The van der Waals surface area contributed by atoms with Gasteiger partial charge < -0.3 is 9.84 Å². The first-order valence-corrected chi connectivity index (χ1v) is 13.1. The monoisotopic (exact) mass is 515 g/mol. The lowest BCUT2D eigenvalue weighted by Crippen LogP contribution is -2.39. The molecule has 4 aliphatic rings. The van der Waals surface area contributed by atoms with Gasteiger partial charge in [0, 0.05) is 33.1 Å². The fourth-order valence-electron chi connectivity index (χ4n) is 6.45. The number of carbonyl (C=O) groups is 4. The number of amides is 2. The number of carbonyl (C=O) groups excluding carboxylic acids is 4. The van der Waals surface area contributed by atoms with Gasteiger partial charge in [-0.15, -0.1) is 11.3 Å². The van der Waals surface area contributed by atoms with Crippen molar-refractivity contribution in [3.63, 3.8) is 0 Å². The lowest BCUT2D eigenvalue weighted by molar-refractivity contribution is -0.140. The van der Waals surface area contributed by atoms with Crippen molar-refractivity contribution in [2.24, 2.45) is 17.8 Å². The number of phenols is 1. The van der Waals surface area contributed by atoms with Crippen LogP contribution in [-0.4, -0.2) is 40.5 Å². The Hall–Kier alpha value is -3.78. The maximum absolute atomic E-state index is 13.7. The van der Waals surface area contributed by atoms with Crippen LogP contribution in [-0.2, 0) is 25.7 Å². The van der Waals surface area contributed by atoms with Gasteiger partial charge in [-0.25, -0.2) is 0 Å². The molecule has 188 valence electrons. The van der Waals surface area contributed by atoms with Crippen molar-refractivity contribution in [2.45, 2.75) is 32.2 Å². The van der Waals surface area contributed by atoms with Gasteiger partial charge in [0.1, 0.15) is 0 Å². The largest absolute Gasteiger partial charge is 0.504 e. The van der Waals surface area contributed by atoms with Gasteiger partial charge in [0.15, 0.2) is 23.1 Å². The molecule has 6 rings (SSSR count). The van der Waals surface area contributed by atoms with E-state index in [0.29, 0.717) is 28.7 Å². The van der Waals surface area contributed by atoms with Gasteiger partial charge in [0.25, 0.3) is 0 Å². The highest BCUT2D eigenvalue weighted by molar-refractivity contribution is 7.09. The minimum atomic E-state index is -0.708. The third-order valence-corrected chi connectivity index (χ3v) is 8.97. The summed E-state index contributed by atoms with van der Waals surface area (Å²) < 4.78 is 5.32. The molecule has 2 aromatic rings. The van der Waals surface area contributed by atoms with Crippen LogP contribution in [0.2, 0.25) is 0 Å². The van der Waals surface area contributed by atoms with Crippen molar-refractivity contribution < 1.29 is 29.0 Å². The van der Waals surface area contributed by atoms with Crippen LogP contribution in [0.15, 0.2) is 70.2 Å². The van der Waals surface area contributed by atoms with Crippen molar-refractivity contribution in [1.82, 2.24) is 4.90 Å². The summed E-state index contributed by atoms with van der Waals surface area (Å²) in [6.07, 6.45) is 3.88. The molecule has 1 fully saturated rings. The molecule has 4 unspecified atom stereocenters. The molecular formula is C29H25NO6S. The third kappa shape index (κ3) is 3.46. The van der Waals surface area contributed by atoms with Crippen molar-refractivity contribution >= 4 is 34.7 Å². The van der Waals surface area contributed by atoms with Gasteiger partial charge in [0.2, 0.25) is 11.8 Å². The Kier molecular flexibility index (Phi) is 5.53. The predicted molar refractivity (Wildman–Crippen MR) is 136 cm³/mol. The highest BCUT2D eigenvalue weighted by atomic mass is 32.1. The van der Waals surface area contributed by atoms with Crippen LogP contribution < -0.4 is 4.74 Å². The number of ketones is 2. The Morgan fingerprint density at radius 2 is 1.89 bits per heavy atom. The van der Waals surface area contributed by atoms with Gasteiger partial charge in [0.05, 0.1) is 25.5 Å². The zero-order chi connectivity index (χ0) is 26.0. The molecule has 0 bridgehead atoms. The van der Waals surface area contributed by atoms with E-state index in [1.807, 2.05) is 23.6 Å². The minimum Gasteiger partial charge on any atom is -0.504 e. The van der Waals surface area contributed by atoms with E-state index in [-0.39, 0.29) is 47.8 Å². The van der Waals surface area contributed by atoms with Crippen LogP contribution >= 0.6 is 11.3 Å². The van der Waals surface area contributed by atoms with Crippen LogP contribution in [0.25, 0.3) is 0 Å². The number of thiophene rings is 1. The number of para-hydroxylation sites is 1. The second kappa shape index (κ2) is 8.66. The van der Waals surface area contributed by atoms with Crippen molar-refractivity contribution in [1.29, 1.82) is 0 Å². The van der Waals surface area contributed by atoms with E-state index in [1.54, 1.807) is 25.1 Å². The van der Waals surface area contributed by atoms with E-state index in [1.165, 1.54) is 29.4 Å². The third-order valence-electron chi connectivity index (χ3n) is 8.11. The van der Waals surface area contributed by atoms with Crippen molar-refractivity contribution in [2.75, 3.05) is 7.11 Å². The summed E-state index contributed by atoms with van der Waals surface area (Å²) in [7, 11) is 1.45. The number of nitrogens with zero attached hydrogens (tertiary/aromatic N) is 1. The fourth-order valence-corrected chi connectivity index (χ4v) is 7.15. The van der Waals surface area contributed by atoms with Gasteiger partial charge in [-0.1, -0.05) is 29.8 Å². The lowest BCUT2D eigenvalue weighted by Gasteiger charge is -2.42. The molecule has 2 amide bonds. The summed E-state index contributed by atoms with van der Waals surface area (Å²) in [6, 6.07) is 8.86. The highest BCUT2D eigenvalue weighted by Crippen LogP contribution is 2.56. The number of phenolic OH excluding ortho intramolecular Hbond substituents is 1. The van der Waals surface area contributed by atoms with Gasteiger partial charge in [-0.3, -0.25) is 24.1 Å². The molecule has 1 aromatic carbocycles. The summed E-state index contributed by atoms with van der Waals surface area (Å²) in [5.41, 5.74) is 2.31. The Labute approximate surface area is 217 Å². The van der Waals surface area contributed by atoms with Crippen LogP contribution in [0.1, 0.15) is 36.1 Å². The second-order valence-electron chi connectivity index (χ2n) is 9.97. The summed E-state index contributed by atoms with van der Waals surface area (Å²) in [4.78, 5) is 56.1. The normalized spacial score (nSPS) is 27.0. The van der Waals surface area contributed by atoms with E-state index < -0.39 is 23.7 Å². The Morgan fingerprint density at radius 1 is 1.08 bits per heavy atom. The molecule has 7 nitrogen and oxygen atoms in total.